The molecule has 7 nitrogen and oxygen atoms in total. The number of nitrogens with zero attached hydrogens (tertiary/aromatic N) is 1. The fourth-order valence-corrected chi connectivity index (χ4v) is 4.26. The molecule has 0 aliphatic carbocycles. The minimum atomic E-state index is -0.145. The molecule has 0 unspecified atom stereocenters. The second-order valence-electron chi connectivity index (χ2n) is 7.30. The zero-order chi connectivity index (χ0) is 22.4. The van der Waals surface area contributed by atoms with Crippen LogP contribution >= 0.6 is 28.3 Å². The van der Waals surface area contributed by atoms with Crippen molar-refractivity contribution in [3.63, 3.8) is 0 Å². The maximum atomic E-state index is 12.6. The van der Waals surface area contributed by atoms with Gasteiger partial charge in [0.25, 0.3) is 5.91 Å². The van der Waals surface area contributed by atoms with E-state index in [-0.39, 0.29) is 18.3 Å². The highest BCUT2D eigenvalue weighted by atomic mass is 79.9. The van der Waals surface area contributed by atoms with Crippen molar-refractivity contribution in [2.75, 3.05) is 48.1 Å². The number of halogens is 2. The van der Waals surface area contributed by atoms with Crippen LogP contribution in [0.3, 0.4) is 0 Å². The number of hydrogen-bond acceptors (Lipinski definition) is 6. The molecule has 1 aliphatic rings. The summed E-state index contributed by atoms with van der Waals surface area (Å²) in [6.07, 6.45) is 1.83. The van der Waals surface area contributed by atoms with E-state index in [0.717, 1.165) is 44.0 Å². The smallest absolute Gasteiger partial charge is 0.252 e. The SMILES string of the molecule is COc1cc(Br)c(C(=O)NCCCN2CCc3cc(OC)c(OC)cc3C2)cc1OC.Cl. The van der Waals surface area contributed by atoms with Crippen molar-refractivity contribution in [1.29, 1.82) is 0 Å². The van der Waals surface area contributed by atoms with E-state index in [1.54, 1.807) is 40.6 Å². The minimum absolute atomic E-state index is 0. The third kappa shape index (κ3) is 5.99. The van der Waals surface area contributed by atoms with E-state index in [9.17, 15) is 4.79 Å². The molecule has 1 N–H and O–H groups in total. The third-order valence-electron chi connectivity index (χ3n) is 5.45. The number of rotatable bonds is 9. The van der Waals surface area contributed by atoms with Crippen molar-refractivity contribution in [2.24, 2.45) is 0 Å². The predicted molar refractivity (Wildman–Crippen MR) is 130 cm³/mol. The lowest BCUT2D eigenvalue weighted by Crippen LogP contribution is -2.34. The molecule has 2 aromatic carbocycles. The van der Waals surface area contributed by atoms with Crippen LogP contribution in [-0.2, 0) is 13.0 Å². The van der Waals surface area contributed by atoms with E-state index in [1.165, 1.54) is 11.1 Å². The number of fused-ring (bicyclic) bond motifs is 1. The molecule has 9 heteroatoms. The van der Waals surface area contributed by atoms with Crippen molar-refractivity contribution in [1.82, 2.24) is 10.2 Å². The minimum Gasteiger partial charge on any atom is -0.493 e. The van der Waals surface area contributed by atoms with Gasteiger partial charge in [-0.1, -0.05) is 0 Å². The highest BCUT2D eigenvalue weighted by Gasteiger charge is 2.20. The number of ether oxygens (including phenoxy) is 4. The van der Waals surface area contributed by atoms with E-state index in [0.29, 0.717) is 28.1 Å². The van der Waals surface area contributed by atoms with E-state index in [1.807, 2.05) is 0 Å². The van der Waals surface area contributed by atoms with Crippen LogP contribution in [0.2, 0.25) is 0 Å². The quantitative estimate of drug-likeness (QED) is 0.494. The van der Waals surface area contributed by atoms with Gasteiger partial charge in [0.1, 0.15) is 0 Å². The predicted octanol–water partition coefficient (Wildman–Crippen LogP) is 4.08. The lowest BCUT2D eigenvalue weighted by atomic mass is 9.98. The molecule has 1 amide bonds. The Bertz CT molecular complexity index is 941. The molecule has 32 heavy (non-hydrogen) atoms. The third-order valence-corrected chi connectivity index (χ3v) is 6.11. The number of carbonyl (C=O) groups is 1. The van der Waals surface area contributed by atoms with Crippen molar-refractivity contribution < 1.29 is 23.7 Å². The number of amides is 1. The Balaban J connectivity index is 0.00000363. The summed E-state index contributed by atoms with van der Waals surface area (Å²) in [4.78, 5) is 15.0. The maximum Gasteiger partial charge on any atom is 0.252 e. The van der Waals surface area contributed by atoms with E-state index in [2.05, 4.69) is 38.3 Å². The summed E-state index contributed by atoms with van der Waals surface area (Å²) in [5.41, 5.74) is 3.09. The fraction of sp³-hybridized carbons (Fsp3) is 0.435. The molecule has 0 saturated carbocycles. The van der Waals surface area contributed by atoms with Crippen LogP contribution in [0.1, 0.15) is 27.9 Å². The van der Waals surface area contributed by atoms with Crippen molar-refractivity contribution in [3.05, 3.63) is 45.4 Å². The molecule has 0 fully saturated rings. The number of benzene rings is 2. The van der Waals surface area contributed by atoms with Crippen LogP contribution < -0.4 is 24.3 Å². The molecule has 0 saturated heterocycles. The van der Waals surface area contributed by atoms with E-state index in [4.69, 9.17) is 18.9 Å². The van der Waals surface area contributed by atoms with Gasteiger partial charge in [-0.25, -0.2) is 0 Å². The molecule has 2 aromatic rings. The lowest BCUT2D eigenvalue weighted by molar-refractivity contribution is 0.0950. The molecule has 0 atom stereocenters. The van der Waals surface area contributed by atoms with Gasteiger partial charge in [-0.05, 0) is 64.2 Å². The molecule has 0 bridgehead atoms. The summed E-state index contributed by atoms with van der Waals surface area (Å²) in [6.45, 7) is 3.35. The van der Waals surface area contributed by atoms with Crippen LogP contribution in [-0.4, -0.2) is 58.9 Å². The summed E-state index contributed by atoms with van der Waals surface area (Å²) in [5, 5.41) is 2.99. The summed E-state index contributed by atoms with van der Waals surface area (Å²) < 4.78 is 22.1. The van der Waals surface area contributed by atoms with Crippen molar-refractivity contribution in [3.8, 4) is 23.0 Å². The Labute approximate surface area is 203 Å². The molecule has 0 aromatic heterocycles. The van der Waals surface area contributed by atoms with E-state index >= 15 is 0 Å². The second-order valence-corrected chi connectivity index (χ2v) is 8.15. The summed E-state index contributed by atoms with van der Waals surface area (Å²) in [5.74, 6) is 2.49. The monoisotopic (exact) mass is 528 g/mol. The molecule has 0 spiro atoms. The van der Waals surface area contributed by atoms with Gasteiger partial charge in [-0.3, -0.25) is 9.69 Å². The molecule has 3 rings (SSSR count). The molecule has 1 heterocycles. The first kappa shape index (κ1) is 26.1. The lowest BCUT2D eigenvalue weighted by Gasteiger charge is -2.29. The van der Waals surface area contributed by atoms with Crippen LogP contribution in [0, 0.1) is 0 Å². The van der Waals surface area contributed by atoms with Crippen LogP contribution in [0.4, 0.5) is 0 Å². The Morgan fingerprint density at radius 2 is 1.50 bits per heavy atom. The first-order valence-electron chi connectivity index (χ1n) is 10.2. The van der Waals surface area contributed by atoms with Gasteiger partial charge in [-0.2, -0.15) is 0 Å². The van der Waals surface area contributed by atoms with Crippen LogP contribution in [0.25, 0.3) is 0 Å². The second kappa shape index (κ2) is 12.2. The molecular weight excluding hydrogens is 500 g/mol. The Morgan fingerprint density at radius 1 is 0.938 bits per heavy atom. The summed E-state index contributed by atoms with van der Waals surface area (Å²) >= 11 is 3.44. The number of carbonyl (C=O) groups excluding carboxylic acids is 1. The number of hydrogen-bond donors (Lipinski definition) is 1. The first-order valence-corrected chi connectivity index (χ1v) is 11.0. The molecule has 1 aliphatic heterocycles. The van der Waals surface area contributed by atoms with Gasteiger partial charge in [0, 0.05) is 30.7 Å². The summed E-state index contributed by atoms with van der Waals surface area (Å²) in [7, 11) is 6.43. The van der Waals surface area contributed by atoms with Gasteiger partial charge in [0.15, 0.2) is 23.0 Å². The maximum absolute atomic E-state index is 12.6. The Hall–Kier alpha value is -2.16. The largest absolute Gasteiger partial charge is 0.493 e. The van der Waals surface area contributed by atoms with Gasteiger partial charge in [-0.15, -0.1) is 12.4 Å². The normalized spacial score (nSPS) is 12.9. The van der Waals surface area contributed by atoms with Gasteiger partial charge < -0.3 is 24.3 Å². The molecule has 176 valence electrons. The standard InChI is InChI=1S/C23H29BrN2O5.ClH/c1-28-19-10-15-6-9-26(14-16(15)11-20(19)29-2)8-5-7-25-23(27)17-12-21(30-3)22(31-4)13-18(17)24;/h10-13H,5-9,14H2,1-4H3,(H,25,27);1H. The number of nitrogens with one attached hydrogen (secondary N) is 1. The number of methoxy groups -OCH3 is 4. The first-order chi connectivity index (χ1) is 15.0. The van der Waals surface area contributed by atoms with Gasteiger partial charge >= 0.3 is 0 Å². The topological polar surface area (TPSA) is 69.3 Å². The summed E-state index contributed by atoms with van der Waals surface area (Å²) in [6, 6.07) is 7.56. The zero-order valence-electron chi connectivity index (χ0n) is 18.8. The van der Waals surface area contributed by atoms with Gasteiger partial charge in [0.05, 0.1) is 34.0 Å². The molecule has 0 radical (unpaired) electrons. The van der Waals surface area contributed by atoms with E-state index < -0.39 is 0 Å². The van der Waals surface area contributed by atoms with Crippen LogP contribution in [0.15, 0.2) is 28.7 Å². The fourth-order valence-electron chi connectivity index (χ4n) is 3.76. The average Bonchev–Trinajstić information content (AvgIpc) is 2.80. The zero-order valence-corrected chi connectivity index (χ0v) is 21.2. The van der Waals surface area contributed by atoms with Crippen LogP contribution in [0.5, 0.6) is 23.0 Å². The highest BCUT2D eigenvalue weighted by Crippen LogP contribution is 2.34. The average molecular weight is 530 g/mol. The molecular formula is C23H30BrClN2O5. The Morgan fingerprint density at radius 3 is 2.12 bits per heavy atom. The Kier molecular flexibility index (Phi) is 9.93. The van der Waals surface area contributed by atoms with Gasteiger partial charge in [0.2, 0.25) is 0 Å². The van der Waals surface area contributed by atoms with Crippen molar-refractivity contribution >= 4 is 34.2 Å². The van der Waals surface area contributed by atoms with Crippen molar-refractivity contribution in [2.45, 2.75) is 19.4 Å². The highest BCUT2D eigenvalue weighted by molar-refractivity contribution is 9.10.